The minimum absolute atomic E-state index is 0.344. The van der Waals surface area contributed by atoms with E-state index in [9.17, 15) is 0 Å². The van der Waals surface area contributed by atoms with Gasteiger partial charge >= 0.3 is 0 Å². The summed E-state index contributed by atoms with van der Waals surface area (Å²) >= 11 is 0. The summed E-state index contributed by atoms with van der Waals surface area (Å²) in [5, 5.41) is 6.52. The first-order valence-electron chi connectivity index (χ1n) is 7.04. The van der Waals surface area contributed by atoms with Gasteiger partial charge in [0.1, 0.15) is 18.0 Å². The van der Waals surface area contributed by atoms with E-state index in [1.165, 1.54) is 5.56 Å². The summed E-state index contributed by atoms with van der Waals surface area (Å²) in [6, 6.07) is 8.45. The first-order valence-corrected chi connectivity index (χ1v) is 7.04. The van der Waals surface area contributed by atoms with Gasteiger partial charge in [-0.25, -0.2) is 9.97 Å². The van der Waals surface area contributed by atoms with E-state index >= 15 is 0 Å². The summed E-state index contributed by atoms with van der Waals surface area (Å²) in [6.07, 6.45) is 2.63. The number of nitrogens with one attached hydrogen (secondary N) is 2. The molecule has 4 nitrogen and oxygen atoms in total. The fraction of sp³-hybridized carbons (Fsp3) is 0.375. The first-order chi connectivity index (χ1) is 9.65. The van der Waals surface area contributed by atoms with Crippen LogP contribution in [-0.4, -0.2) is 17.0 Å². The number of anilines is 3. The fourth-order valence-corrected chi connectivity index (χ4v) is 2.20. The van der Waals surface area contributed by atoms with Crippen molar-refractivity contribution in [2.45, 2.75) is 33.1 Å². The number of benzene rings is 1. The average Bonchev–Trinajstić information content (AvgIpc) is 2.47. The Balaban J connectivity index is 2.32. The summed E-state index contributed by atoms with van der Waals surface area (Å²) in [7, 11) is 1.88. The van der Waals surface area contributed by atoms with Gasteiger partial charge in [-0.1, -0.05) is 32.9 Å². The minimum Gasteiger partial charge on any atom is -0.373 e. The van der Waals surface area contributed by atoms with Gasteiger partial charge in [0, 0.05) is 18.3 Å². The normalized spacial score (nSPS) is 10.7. The monoisotopic (exact) mass is 270 g/mol. The van der Waals surface area contributed by atoms with Crippen LogP contribution >= 0.6 is 0 Å². The van der Waals surface area contributed by atoms with Crippen LogP contribution in [0.3, 0.4) is 0 Å². The molecule has 1 aromatic carbocycles. The Hall–Kier alpha value is -2.10. The lowest BCUT2D eigenvalue weighted by Gasteiger charge is -2.16. The topological polar surface area (TPSA) is 49.8 Å². The molecule has 0 spiro atoms. The minimum atomic E-state index is 0.344. The van der Waals surface area contributed by atoms with Gasteiger partial charge in [0.25, 0.3) is 0 Å². The van der Waals surface area contributed by atoms with Crippen molar-refractivity contribution in [3.05, 3.63) is 41.7 Å². The molecule has 4 heteroatoms. The molecule has 0 aliphatic carbocycles. The Morgan fingerprint density at radius 2 is 1.70 bits per heavy atom. The zero-order chi connectivity index (χ0) is 14.5. The van der Waals surface area contributed by atoms with Crippen molar-refractivity contribution in [3.63, 3.8) is 0 Å². The molecule has 0 amide bonds. The van der Waals surface area contributed by atoms with Crippen molar-refractivity contribution in [3.8, 4) is 0 Å². The summed E-state index contributed by atoms with van der Waals surface area (Å²) < 4.78 is 0. The highest BCUT2D eigenvalue weighted by Gasteiger charge is 2.14. The van der Waals surface area contributed by atoms with Gasteiger partial charge in [-0.05, 0) is 30.0 Å². The molecule has 106 valence electrons. The number of aryl methyl sites for hydroxylation is 1. The van der Waals surface area contributed by atoms with Crippen molar-refractivity contribution in [2.75, 3.05) is 17.7 Å². The smallest absolute Gasteiger partial charge is 0.139 e. The van der Waals surface area contributed by atoms with Crippen LogP contribution in [0.25, 0.3) is 0 Å². The van der Waals surface area contributed by atoms with Crippen molar-refractivity contribution in [2.24, 2.45) is 0 Å². The Labute approximate surface area is 120 Å². The molecule has 2 aromatic rings. The molecule has 0 fully saturated rings. The highest BCUT2D eigenvalue weighted by molar-refractivity contribution is 5.65. The van der Waals surface area contributed by atoms with Gasteiger partial charge < -0.3 is 10.6 Å². The average molecular weight is 270 g/mol. The predicted molar refractivity (Wildman–Crippen MR) is 84.8 cm³/mol. The fourth-order valence-electron chi connectivity index (χ4n) is 2.20. The molecule has 0 saturated heterocycles. The molecule has 0 radical (unpaired) electrons. The third kappa shape index (κ3) is 3.07. The highest BCUT2D eigenvalue weighted by Crippen LogP contribution is 2.30. The standard InChI is InChI=1S/C16H22N4/c1-5-12-6-8-13(9-7-12)20-16-14(11(2)3)15(17-4)18-10-19-16/h6-11H,5H2,1-4H3,(H2,17,18,19,20). The predicted octanol–water partition coefficient (Wildman–Crippen LogP) is 3.95. The number of nitrogens with zero attached hydrogens (tertiary/aromatic N) is 2. The van der Waals surface area contributed by atoms with E-state index in [2.05, 4.69) is 65.6 Å². The maximum absolute atomic E-state index is 4.38. The molecule has 0 aliphatic rings. The zero-order valence-electron chi connectivity index (χ0n) is 12.6. The van der Waals surface area contributed by atoms with Crippen LogP contribution in [0.5, 0.6) is 0 Å². The van der Waals surface area contributed by atoms with Gasteiger partial charge in [-0.15, -0.1) is 0 Å². The van der Waals surface area contributed by atoms with Gasteiger partial charge in [0.2, 0.25) is 0 Å². The van der Waals surface area contributed by atoms with Crippen LogP contribution in [0, 0.1) is 0 Å². The third-order valence-electron chi connectivity index (χ3n) is 3.32. The number of rotatable bonds is 5. The maximum Gasteiger partial charge on any atom is 0.139 e. The summed E-state index contributed by atoms with van der Waals surface area (Å²) in [5.41, 5.74) is 3.48. The molecular formula is C16H22N4. The SMILES string of the molecule is CCc1ccc(Nc2ncnc(NC)c2C(C)C)cc1. The largest absolute Gasteiger partial charge is 0.373 e. The lowest BCUT2D eigenvalue weighted by molar-refractivity contribution is 0.852. The van der Waals surface area contributed by atoms with Crippen LogP contribution in [-0.2, 0) is 6.42 Å². The van der Waals surface area contributed by atoms with E-state index in [-0.39, 0.29) is 0 Å². The second-order valence-electron chi connectivity index (χ2n) is 5.06. The zero-order valence-corrected chi connectivity index (χ0v) is 12.6. The van der Waals surface area contributed by atoms with Crippen LogP contribution in [0.4, 0.5) is 17.3 Å². The van der Waals surface area contributed by atoms with Crippen LogP contribution in [0.2, 0.25) is 0 Å². The quantitative estimate of drug-likeness (QED) is 0.863. The first kappa shape index (κ1) is 14.3. The molecule has 0 bridgehead atoms. The maximum atomic E-state index is 4.38. The van der Waals surface area contributed by atoms with E-state index < -0.39 is 0 Å². The van der Waals surface area contributed by atoms with E-state index in [1.807, 2.05) is 7.05 Å². The second kappa shape index (κ2) is 6.37. The molecule has 20 heavy (non-hydrogen) atoms. The van der Waals surface area contributed by atoms with Crippen molar-refractivity contribution >= 4 is 17.3 Å². The van der Waals surface area contributed by atoms with Crippen molar-refractivity contribution in [1.82, 2.24) is 9.97 Å². The highest BCUT2D eigenvalue weighted by atomic mass is 15.1. The lowest BCUT2D eigenvalue weighted by Crippen LogP contribution is -2.06. The van der Waals surface area contributed by atoms with Gasteiger partial charge in [0.15, 0.2) is 0 Å². The molecule has 2 N–H and O–H groups in total. The molecular weight excluding hydrogens is 248 g/mol. The second-order valence-corrected chi connectivity index (χ2v) is 5.06. The molecule has 0 unspecified atom stereocenters. The van der Waals surface area contributed by atoms with E-state index in [0.29, 0.717) is 5.92 Å². The van der Waals surface area contributed by atoms with E-state index in [4.69, 9.17) is 0 Å². The van der Waals surface area contributed by atoms with Crippen molar-refractivity contribution < 1.29 is 0 Å². The Morgan fingerprint density at radius 3 is 2.25 bits per heavy atom. The Morgan fingerprint density at radius 1 is 1.05 bits per heavy atom. The number of hydrogen-bond acceptors (Lipinski definition) is 4. The van der Waals surface area contributed by atoms with Crippen LogP contribution in [0.15, 0.2) is 30.6 Å². The van der Waals surface area contributed by atoms with Crippen LogP contribution in [0.1, 0.15) is 37.8 Å². The lowest BCUT2D eigenvalue weighted by atomic mass is 10.0. The van der Waals surface area contributed by atoms with E-state index in [0.717, 1.165) is 29.3 Å². The van der Waals surface area contributed by atoms with Gasteiger partial charge in [0.05, 0.1) is 0 Å². The van der Waals surface area contributed by atoms with Gasteiger partial charge in [-0.2, -0.15) is 0 Å². The molecule has 0 saturated carbocycles. The van der Waals surface area contributed by atoms with E-state index in [1.54, 1.807) is 6.33 Å². The summed E-state index contributed by atoms with van der Waals surface area (Å²) in [6.45, 7) is 6.44. The summed E-state index contributed by atoms with van der Waals surface area (Å²) in [4.78, 5) is 8.67. The molecule has 1 heterocycles. The Bertz CT molecular complexity index is 561. The number of aromatic nitrogens is 2. The molecule has 2 rings (SSSR count). The van der Waals surface area contributed by atoms with Crippen LogP contribution < -0.4 is 10.6 Å². The van der Waals surface area contributed by atoms with Crippen molar-refractivity contribution in [1.29, 1.82) is 0 Å². The third-order valence-corrected chi connectivity index (χ3v) is 3.32. The molecule has 0 atom stereocenters. The van der Waals surface area contributed by atoms with Gasteiger partial charge in [-0.3, -0.25) is 0 Å². The number of hydrogen-bond donors (Lipinski definition) is 2. The summed E-state index contributed by atoms with van der Waals surface area (Å²) in [5.74, 6) is 2.09. The Kier molecular flexibility index (Phi) is 4.56. The molecule has 0 aliphatic heterocycles. The molecule has 1 aromatic heterocycles.